The van der Waals surface area contributed by atoms with Crippen LogP contribution in [-0.2, 0) is 0 Å². The lowest BCUT2D eigenvalue weighted by Gasteiger charge is -1.95. The van der Waals surface area contributed by atoms with Crippen molar-refractivity contribution in [1.82, 2.24) is 4.98 Å². The van der Waals surface area contributed by atoms with Gasteiger partial charge in [0.2, 0.25) is 11.7 Å². The van der Waals surface area contributed by atoms with Gasteiger partial charge in [0.05, 0.1) is 6.20 Å². The fraction of sp³-hybridized carbons (Fsp3) is 0.111. The summed E-state index contributed by atoms with van der Waals surface area (Å²) in [7, 11) is 0. The largest absolute Gasteiger partial charge is 0.247 e. The molecule has 0 unspecified atom stereocenters. The van der Waals surface area contributed by atoms with E-state index in [2.05, 4.69) is 30.8 Å². The topological polar surface area (TPSA) is 16.8 Å². The molecule has 0 fully saturated rings. The van der Waals surface area contributed by atoms with E-state index in [1.807, 2.05) is 18.3 Å². The number of nitrogens with zero attached hydrogens (tertiary/aromatic N) is 2. The highest BCUT2D eigenvalue weighted by Crippen LogP contribution is 2.10. The summed E-state index contributed by atoms with van der Waals surface area (Å²) in [6.07, 6.45) is 3.58. The molecule has 12 heavy (non-hydrogen) atoms. The number of thiol groups is 1. The Hall–Kier alpha value is -1.09. The molecule has 3 heteroatoms. The summed E-state index contributed by atoms with van der Waals surface area (Å²) < 4.78 is 1.79. The normalized spacial score (nSPS) is 10.5. The zero-order chi connectivity index (χ0) is 8.55. The van der Waals surface area contributed by atoms with E-state index in [0.717, 1.165) is 11.0 Å². The van der Waals surface area contributed by atoms with Crippen molar-refractivity contribution in [2.45, 2.75) is 6.92 Å². The molecule has 0 saturated carbocycles. The second kappa shape index (κ2) is 2.75. The number of aromatic nitrogens is 2. The summed E-state index contributed by atoms with van der Waals surface area (Å²) >= 11 is 4.30. The van der Waals surface area contributed by atoms with Gasteiger partial charge < -0.3 is 0 Å². The maximum absolute atomic E-state index is 4.30. The maximum atomic E-state index is 4.30. The van der Waals surface area contributed by atoms with Crippen LogP contribution in [0.25, 0.3) is 11.0 Å². The second-order valence-corrected chi connectivity index (χ2v) is 3.15. The number of fused-ring (bicyclic) bond motifs is 1. The van der Waals surface area contributed by atoms with Gasteiger partial charge in [0, 0.05) is 5.56 Å². The molecule has 60 valence electrons. The van der Waals surface area contributed by atoms with Gasteiger partial charge in [-0.1, -0.05) is 12.1 Å². The van der Waals surface area contributed by atoms with Crippen molar-refractivity contribution in [1.29, 1.82) is 0 Å². The molecule has 1 heterocycles. The van der Waals surface area contributed by atoms with Crippen LogP contribution in [0.2, 0.25) is 0 Å². The van der Waals surface area contributed by atoms with Gasteiger partial charge in [-0.2, -0.15) is 0 Å². The quantitative estimate of drug-likeness (QED) is 0.477. The van der Waals surface area contributed by atoms with Crippen molar-refractivity contribution in [2.24, 2.45) is 0 Å². The minimum atomic E-state index is 0.979. The summed E-state index contributed by atoms with van der Waals surface area (Å²) in [5.74, 6) is 0. The van der Waals surface area contributed by atoms with Crippen LogP contribution in [-0.4, -0.2) is 4.98 Å². The Kier molecular flexibility index (Phi) is 1.73. The standard InChI is InChI=1S/C9H9N2S/c1-7-3-2-4-8-9(7)11(12)6-5-10-8/h2-6H,1H3,(H,10,12)/q+1. The first-order valence-corrected chi connectivity index (χ1v) is 4.14. The number of hydrogen-bond acceptors (Lipinski definition) is 2. The molecule has 0 bridgehead atoms. The fourth-order valence-corrected chi connectivity index (χ4v) is 1.62. The van der Waals surface area contributed by atoms with Gasteiger partial charge in [-0.25, -0.2) is 4.98 Å². The van der Waals surface area contributed by atoms with Crippen molar-refractivity contribution in [3.05, 3.63) is 36.2 Å². The summed E-state index contributed by atoms with van der Waals surface area (Å²) in [6.45, 7) is 2.05. The van der Waals surface area contributed by atoms with Crippen LogP contribution in [0.5, 0.6) is 0 Å². The molecule has 0 radical (unpaired) electrons. The van der Waals surface area contributed by atoms with Gasteiger partial charge in [0.15, 0.2) is 0 Å². The van der Waals surface area contributed by atoms with Crippen LogP contribution in [0, 0.1) is 6.92 Å². The molecule has 0 atom stereocenters. The molecule has 0 spiro atoms. The summed E-state index contributed by atoms with van der Waals surface area (Å²) in [4.78, 5) is 4.23. The average molecular weight is 177 g/mol. The first kappa shape index (κ1) is 7.55. The van der Waals surface area contributed by atoms with E-state index in [-0.39, 0.29) is 0 Å². The van der Waals surface area contributed by atoms with Crippen LogP contribution in [0.4, 0.5) is 0 Å². The molecule has 2 rings (SSSR count). The van der Waals surface area contributed by atoms with E-state index in [1.54, 1.807) is 10.2 Å². The number of rotatable bonds is 0. The average Bonchev–Trinajstić information content (AvgIpc) is 2.04. The van der Waals surface area contributed by atoms with Crippen molar-refractivity contribution >= 4 is 23.8 Å². The maximum Gasteiger partial charge on any atom is 0.247 e. The summed E-state index contributed by atoms with van der Waals surface area (Å²) in [5.41, 5.74) is 3.24. The minimum absolute atomic E-state index is 0.979. The van der Waals surface area contributed by atoms with Crippen molar-refractivity contribution < 1.29 is 3.97 Å². The van der Waals surface area contributed by atoms with Gasteiger partial charge in [0.1, 0.15) is 18.3 Å². The Balaban J connectivity index is 2.96. The van der Waals surface area contributed by atoms with Gasteiger partial charge in [-0.05, 0) is 13.0 Å². The van der Waals surface area contributed by atoms with E-state index < -0.39 is 0 Å². The predicted molar refractivity (Wildman–Crippen MR) is 51.1 cm³/mol. The Morgan fingerprint density at radius 2 is 2.25 bits per heavy atom. The summed E-state index contributed by atoms with van der Waals surface area (Å²) in [6, 6.07) is 6.03. The molecule has 0 aliphatic carbocycles. The molecule has 2 nitrogen and oxygen atoms in total. The Labute approximate surface area is 76.4 Å². The third kappa shape index (κ3) is 1.06. The molecule has 0 aliphatic heterocycles. The lowest BCUT2D eigenvalue weighted by Crippen LogP contribution is -2.22. The smallest absolute Gasteiger partial charge is 0.244 e. The molecule has 0 amide bonds. The van der Waals surface area contributed by atoms with Gasteiger partial charge in [-0.3, -0.25) is 0 Å². The highest BCUT2D eigenvalue weighted by Gasteiger charge is 2.07. The fourth-order valence-electron chi connectivity index (χ4n) is 1.30. The molecule has 0 aliphatic rings. The van der Waals surface area contributed by atoms with Crippen LogP contribution in [0.1, 0.15) is 5.56 Å². The van der Waals surface area contributed by atoms with Crippen molar-refractivity contribution in [3.8, 4) is 0 Å². The first-order valence-electron chi connectivity index (χ1n) is 3.74. The zero-order valence-corrected chi connectivity index (χ0v) is 7.62. The lowest BCUT2D eigenvalue weighted by atomic mass is 10.2. The monoisotopic (exact) mass is 177 g/mol. The van der Waals surface area contributed by atoms with Crippen LogP contribution in [0.3, 0.4) is 0 Å². The Morgan fingerprint density at radius 3 is 3.00 bits per heavy atom. The minimum Gasteiger partial charge on any atom is -0.244 e. The first-order chi connectivity index (χ1) is 5.79. The SMILES string of the molecule is Cc1cccc2ncc[n+](S)c12. The number of aryl methyl sites for hydroxylation is 1. The molecule has 0 saturated heterocycles. The molecule has 1 aromatic carbocycles. The van der Waals surface area contributed by atoms with E-state index >= 15 is 0 Å². The van der Waals surface area contributed by atoms with Crippen molar-refractivity contribution in [2.75, 3.05) is 0 Å². The van der Waals surface area contributed by atoms with Gasteiger partial charge >= 0.3 is 0 Å². The Bertz CT molecular complexity index is 389. The highest BCUT2D eigenvalue weighted by atomic mass is 32.1. The Morgan fingerprint density at radius 1 is 1.42 bits per heavy atom. The number of para-hydroxylation sites is 1. The zero-order valence-electron chi connectivity index (χ0n) is 6.73. The molecule has 1 aromatic heterocycles. The van der Waals surface area contributed by atoms with E-state index in [0.29, 0.717) is 0 Å². The second-order valence-electron chi connectivity index (χ2n) is 2.71. The van der Waals surface area contributed by atoms with Gasteiger partial charge in [0.25, 0.3) is 0 Å². The van der Waals surface area contributed by atoms with E-state index in [1.165, 1.54) is 5.56 Å². The molecular formula is C9H9N2S+. The van der Waals surface area contributed by atoms with E-state index in [9.17, 15) is 0 Å². The van der Waals surface area contributed by atoms with Crippen LogP contribution < -0.4 is 3.97 Å². The van der Waals surface area contributed by atoms with Crippen LogP contribution in [0.15, 0.2) is 30.6 Å². The third-order valence-corrected chi connectivity index (χ3v) is 2.20. The summed E-state index contributed by atoms with van der Waals surface area (Å²) in [5, 5.41) is 0. The van der Waals surface area contributed by atoms with Gasteiger partial charge in [-0.15, -0.1) is 3.97 Å². The lowest BCUT2D eigenvalue weighted by molar-refractivity contribution is -0.459. The van der Waals surface area contributed by atoms with Crippen molar-refractivity contribution in [3.63, 3.8) is 0 Å². The third-order valence-electron chi connectivity index (χ3n) is 1.87. The number of benzene rings is 1. The predicted octanol–water partition coefficient (Wildman–Crippen LogP) is 1.52. The molecule has 2 aromatic rings. The highest BCUT2D eigenvalue weighted by molar-refractivity contribution is 7.73. The van der Waals surface area contributed by atoms with E-state index in [4.69, 9.17) is 0 Å². The molecule has 0 N–H and O–H groups in total. The van der Waals surface area contributed by atoms with Crippen LogP contribution >= 0.6 is 12.8 Å². The number of hydrogen-bond donors (Lipinski definition) is 1. The molecular weight excluding hydrogens is 168 g/mol.